The van der Waals surface area contributed by atoms with Crippen molar-refractivity contribution in [2.45, 2.75) is 0 Å². The van der Waals surface area contributed by atoms with Crippen LogP contribution in [0.4, 0.5) is 5.69 Å². The first kappa shape index (κ1) is 14.7. The van der Waals surface area contributed by atoms with E-state index in [4.69, 9.17) is 21.9 Å². The maximum atomic E-state index is 5.25. The van der Waals surface area contributed by atoms with E-state index in [0.29, 0.717) is 18.3 Å². The first-order chi connectivity index (χ1) is 10.8. The van der Waals surface area contributed by atoms with Crippen LogP contribution in [0.25, 0.3) is 21.8 Å². The van der Waals surface area contributed by atoms with Crippen molar-refractivity contribution in [1.29, 1.82) is 0 Å². The summed E-state index contributed by atoms with van der Waals surface area (Å²) >= 11 is 5.25. The SMILES string of the molecule is COCCNC(=S)Nc1ccc2cc3ccccc3nc2c1. The molecule has 0 spiro atoms. The second-order valence-corrected chi connectivity index (χ2v) is 5.37. The van der Waals surface area contributed by atoms with Crippen LogP contribution in [0.1, 0.15) is 0 Å². The van der Waals surface area contributed by atoms with Gasteiger partial charge in [-0.05, 0) is 36.5 Å². The number of anilines is 1. The lowest BCUT2D eigenvalue weighted by molar-refractivity contribution is 0.204. The molecule has 0 amide bonds. The van der Waals surface area contributed by atoms with E-state index in [1.807, 2.05) is 30.3 Å². The summed E-state index contributed by atoms with van der Waals surface area (Å²) in [6.45, 7) is 1.30. The molecule has 22 heavy (non-hydrogen) atoms. The fraction of sp³-hybridized carbons (Fsp3) is 0.176. The van der Waals surface area contributed by atoms with Gasteiger partial charge in [0.1, 0.15) is 0 Å². The second-order valence-electron chi connectivity index (χ2n) is 4.96. The molecule has 0 saturated carbocycles. The summed E-state index contributed by atoms with van der Waals surface area (Å²) in [5, 5.41) is 9.09. The van der Waals surface area contributed by atoms with Crippen LogP contribution in [0.3, 0.4) is 0 Å². The summed E-state index contributed by atoms with van der Waals surface area (Å²) < 4.78 is 4.98. The maximum absolute atomic E-state index is 5.25. The summed E-state index contributed by atoms with van der Waals surface area (Å²) in [7, 11) is 1.66. The Hall–Kier alpha value is -2.24. The monoisotopic (exact) mass is 311 g/mol. The number of methoxy groups -OCH3 is 1. The van der Waals surface area contributed by atoms with Crippen LogP contribution < -0.4 is 10.6 Å². The van der Waals surface area contributed by atoms with Gasteiger partial charge in [-0.3, -0.25) is 0 Å². The smallest absolute Gasteiger partial charge is 0.170 e. The minimum absolute atomic E-state index is 0.581. The molecule has 5 heteroatoms. The number of benzene rings is 2. The number of hydrogen-bond acceptors (Lipinski definition) is 3. The first-order valence-electron chi connectivity index (χ1n) is 7.09. The molecular formula is C17H17N3OS. The van der Waals surface area contributed by atoms with Crippen molar-refractivity contribution in [1.82, 2.24) is 10.3 Å². The van der Waals surface area contributed by atoms with Gasteiger partial charge in [0.2, 0.25) is 0 Å². The van der Waals surface area contributed by atoms with Crippen molar-refractivity contribution in [3.8, 4) is 0 Å². The Kier molecular flexibility index (Phi) is 4.46. The Morgan fingerprint density at radius 1 is 1.09 bits per heavy atom. The third-order valence-electron chi connectivity index (χ3n) is 3.37. The highest BCUT2D eigenvalue weighted by Gasteiger charge is 2.02. The minimum Gasteiger partial charge on any atom is -0.383 e. The van der Waals surface area contributed by atoms with Crippen molar-refractivity contribution >= 4 is 44.8 Å². The Bertz CT molecular complexity index is 819. The largest absolute Gasteiger partial charge is 0.383 e. The Morgan fingerprint density at radius 2 is 1.91 bits per heavy atom. The molecule has 3 rings (SSSR count). The number of nitrogens with one attached hydrogen (secondary N) is 2. The number of pyridine rings is 1. The van der Waals surface area contributed by atoms with Gasteiger partial charge in [-0.25, -0.2) is 4.98 Å². The predicted octanol–water partition coefficient (Wildman–Crippen LogP) is 3.32. The Labute approximate surface area is 134 Å². The average Bonchev–Trinajstić information content (AvgIpc) is 2.53. The van der Waals surface area contributed by atoms with E-state index in [9.17, 15) is 0 Å². The van der Waals surface area contributed by atoms with E-state index in [-0.39, 0.29) is 0 Å². The highest BCUT2D eigenvalue weighted by Crippen LogP contribution is 2.22. The molecule has 0 bridgehead atoms. The summed E-state index contributed by atoms with van der Waals surface area (Å²) in [6, 6.07) is 16.3. The quantitative estimate of drug-likeness (QED) is 0.440. The van der Waals surface area contributed by atoms with Gasteiger partial charge in [-0.15, -0.1) is 0 Å². The second kappa shape index (κ2) is 6.68. The topological polar surface area (TPSA) is 46.2 Å². The molecule has 0 atom stereocenters. The number of para-hydroxylation sites is 1. The van der Waals surface area contributed by atoms with Crippen molar-refractivity contribution in [2.24, 2.45) is 0 Å². The highest BCUT2D eigenvalue weighted by molar-refractivity contribution is 7.80. The Balaban J connectivity index is 1.83. The molecule has 2 aromatic carbocycles. The minimum atomic E-state index is 0.581. The third kappa shape index (κ3) is 3.32. The molecule has 0 fully saturated rings. The number of nitrogens with zero attached hydrogens (tertiary/aromatic N) is 1. The molecule has 4 nitrogen and oxygen atoms in total. The standard InChI is InChI=1S/C17H17N3OS/c1-21-9-8-18-17(22)19-14-7-6-13-10-12-4-2-3-5-15(12)20-16(13)11-14/h2-7,10-11H,8-9H2,1H3,(H2,18,19,22). The molecule has 0 aliphatic rings. The molecule has 0 unspecified atom stereocenters. The van der Waals surface area contributed by atoms with E-state index >= 15 is 0 Å². The van der Waals surface area contributed by atoms with Gasteiger partial charge < -0.3 is 15.4 Å². The van der Waals surface area contributed by atoms with Gasteiger partial charge in [-0.2, -0.15) is 0 Å². The van der Waals surface area contributed by atoms with Crippen LogP contribution in [-0.2, 0) is 4.74 Å². The molecule has 1 heterocycles. The molecule has 0 aliphatic heterocycles. The summed E-state index contributed by atoms with van der Waals surface area (Å²) in [5.74, 6) is 0. The van der Waals surface area contributed by atoms with Crippen molar-refractivity contribution < 1.29 is 4.74 Å². The Morgan fingerprint density at radius 3 is 2.77 bits per heavy atom. The maximum Gasteiger partial charge on any atom is 0.170 e. The average molecular weight is 311 g/mol. The summed E-state index contributed by atoms with van der Waals surface area (Å²) in [6.07, 6.45) is 0. The summed E-state index contributed by atoms with van der Waals surface area (Å²) in [4.78, 5) is 4.70. The molecule has 3 aromatic rings. The number of thiocarbonyl (C=S) groups is 1. The van der Waals surface area contributed by atoms with Gasteiger partial charge in [0.15, 0.2) is 5.11 Å². The van der Waals surface area contributed by atoms with Gasteiger partial charge >= 0.3 is 0 Å². The zero-order valence-corrected chi connectivity index (χ0v) is 13.1. The zero-order valence-electron chi connectivity index (χ0n) is 12.3. The third-order valence-corrected chi connectivity index (χ3v) is 3.62. The van der Waals surface area contributed by atoms with Crippen LogP contribution in [0.5, 0.6) is 0 Å². The van der Waals surface area contributed by atoms with Gasteiger partial charge in [0, 0.05) is 30.1 Å². The molecule has 0 radical (unpaired) electrons. The van der Waals surface area contributed by atoms with Crippen molar-refractivity contribution in [3.63, 3.8) is 0 Å². The van der Waals surface area contributed by atoms with Crippen LogP contribution in [-0.4, -0.2) is 30.4 Å². The lowest BCUT2D eigenvalue weighted by Gasteiger charge is -2.11. The molecule has 112 valence electrons. The number of hydrogen-bond donors (Lipinski definition) is 2. The molecule has 0 aliphatic carbocycles. The number of ether oxygens (including phenoxy) is 1. The molecule has 1 aromatic heterocycles. The predicted molar refractivity (Wildman–Crippen MR) is 95.3 cm³/mol. The number of rotatable bonds is 4. The van der Waals surface area contributed by atoms with E-state index in [1.165, 1.54) is 0 Å². The van der Waals surface area contributed by atoms with Gasteiger partial charge in [0.25, 0.3) is 0 Å². The van der Waals surface area contributed by atoms with E-state index in [2.05, 4.69) is 28.8 Å². The van der Waals surface area contributed by atoms with E-state index in [1.54, 1.807) is 7.11 Å². The van der Waals surface area contributed by atoms with Crippen LogP contribution in [0.15, 0.2) is 48.5 Å². The fourth-order valence-electron chi connectivity index (χ4n) is 2.29. The van der Waals surface area contributed by atoms with Crippen molar-refractivity contribution in [3.05, 3.63) is 48.5 Å². The molecular weight excluding hydrogens is 294 g/mol. The van der Waals surface area contributed by atoms with E-state index < -0.39 is 0 Å². The van der Waals surface area contributed by atoms with Crippen molar-refractivity contribution in [2.75, 3.05) is 25.6 Å². The highest BCUT2D eigenvalue weighted by atomic mass is 32.1. The first-order valence-corrected chi connectivity index (χ1v) is 7.50. The number of aromatic nitrogens is 1. The van der Waals surface area contributed by atoms with Gasteiger partial charge in [-0.1, -0.05) is 24.3 Å². The molecule has 0 saturated heterocycles. The van der Waals surface area contributed by atoms with Crippen LogP contribution in [0, 0.1) is 0 Å². The lowest BCUT2D eigenvalue weighted by Crippen LogP contribution is -2.31. The van der Waals surface area contributed by atoms with Crippen LogP contribution >= 0.6 is 12.2 Å². The summed E-state index contributed by atoms with van der Waals surface area (Å²) in [5.41, 5.74) is 2.86. The van der Waals surface area contributed by atoms with E-state index in [0.717, 1.165) is 27.5 Å². The normalized spacial score (nSPS) is 10.8. The van der Waals surface area contributed by atoms with Crippen LogP contribution in [0.2, 0.25) is 0 Å². The fourth-order valence-corrected chi connectivity index (χ4v) is 2.51. The lowest BCUT2D eigenvalue weighted by atomic mass is 10.1. The zero-order chi connectivity index (χ0) is 15.4. The van der Waals surface area contributed by atoms with Gasteiger partial charge in [0.05, 0.1) is 17.6 Å². The molecule has 2 N–H and O–H groups in total. The number of fused-ring (bicyclic) bond motifs is 2.